The minimum atomic E-state index is -0.564. The maximum absolute atomic E-state index is 11.5. The Morgan fingerprint density at radius 1 is 1.32 bits per heavy atom. The van der Waals surface area contributed by atoms with Gasteiger partial charge in [-0.1, -0.05) is 0 Å². The quantitative estimate of drug-likeness (QED) is 0.357. The number of imide groups is 1. The summed E-state index contributed by atoms with van der Waals surface area (Å²) in [5, 5.41) is 10.7. The molecule has 1 aromatic carbocycles. The number of nitrogen functional groups attached to an aromatic ring is 1. The fraction of sp³-hybridized carbons (Fsp3) is 0.273. The number of rotatable bonds is 3. The molecule has 8 heteroatoms. The van der Waals surface area contributed by atoms with Crippen LogP contribution in [0.4, 0.5) is 11.4 Å². The molecule has 0 radical (unpaired) electrons. The zero-order valence-corrected chi connectivity index (χ0v) is 9.87. The molecule has 0 saturated carbocycles. The molecule has 100 valence electrons. The lowest BCUT2D eigenvalue weighted by atomic mass is 10.1. The van der Waals surface area contributed by atoms with Crippen LogP contribution in [-0.4, -0.2) is 34.9 Å². The van der Waals surface area contributed by atoms with E-state index >= 15 is 0 Å². The normalized spacial score (nSPS) is 15.7. The number of carbonyl (C=O) groups excluding carboxylic acids is 2. The summed E-state index contributed by atoms with van der Waals surface area (Å²) in [6, 6.07) is 3.90. The molecule has 8 nitrogen and oxygen atoms in total. The molecular formula is C11H11N3O5. The van der Waals surface area contributed by atoms with E-state index in [2.05, 4.69) is 0 Å². The molecule has 1 aromatic rings. The maximum atomic E-state index is 11.5. The number of benzene rings is 1. The summed E-state index contributed by atoms with van der Waals surface area (Å²) in [4.78, 5) is 34.2. The highest BCUT2D eigenvalue weighted by Crippen LogP contribution is 2.21. The maximum Gasteiger partial charge on any atom is 0.269 e. The van der Waals surface area contributed by atoms with Gasteiger partial charge in [-0.05, 0) is 6.07 Å². The van der Waals surface area contributed by atoms with Crippen molar-refractivity contribution in [2.75, 3.05) is 18.9 Å². The van der Waals surface area contributed by atoms with Crippen LogP contribution in [-0.2, 0) is 20.9 Å². The van der Waals surface area contributed by atoms with Crippen LogP contribution in [0.25, 0.3) is 0 Å². The van der Waals surface area contributed by atoms with Crippen molar-refractivity contribution >= 4 is 23.2 Å². The Bertz CT molecular complexity index is 541. The van der Waals surface area contributed by atoms with Gasteiger partial charge in [0.15, 0.2) is 0 Å². The fourth-order valence-corrected chi connectivity index (χ4v) is 1.71. The summed E-state index contributed by atoms with van der Waals surface area (Å²) in [7, 11) is 0. The van der Waals surface area contributed by atoms with Crippen molar-refractivity contribution in [2.45, 2.75) is 6.54 Å². The molecule has 1 aliphatic heterocycles. The average molecular weight is 265 g/mol. The molecule has 2 N–H and O–H groups in total. The lowest BCUT2D eigenvalue weighted by Crippen LogP contribution is -2.45. The van der Waals surface area contributed by atoms with Gasteiger partial charge in [0, 0.05) is 23.4 Å². The van der Waals surface area contributed by atoms with Crippen molar-refractivity contribution in [1.29, 1.82) is 0 Å². The molecule has 2 rings (SSSR count). The van der Waals surface area contributed by atoms with Crippen LogP contribution in [0.1, 0.15) is 5.56 Å². The predicted octanol–water partition coefficient (Wildman–Crippen LogP) is 0.0624. The van der Waals surface area contributed by atoms with Gasteiger partial charge in [-0.25, -0.2) is 0 Å². The number of nitro groups is 1. The van der Waals surface area contributed by atoms with Crippen LogP contribution < -0.4 is 5.73 Å². The minimum Gasteiger partial charge on any atom is -0.398 e. The summed E-state index contributed by atoms with van der Waals surface area (Å²) in [5.74, 6) is -0.968. The molecule has 0 spiro atoms. The molecule has 1 heterocycles. The van der Waals surface area contributed by atoms with Crippen LogP contribution >= 0.6 is 0 Å². The third kappa shape index (κ3) is 2.68. The average Bonchev–Trinajstić information content (AvgIpc) is 2.35. The third-order valence-electron chi connectivity index (χ3n) is 2.72. The van der Waals surface area contributed by atoms with Gasteiger partial charge in [0.25, 0.3) is 17.5 Å². The van der Waals surface area contributed by atoms with Crippen molar-refractivity contribution in [3.05, 3.63) is 33.9 Å². The number of anilines is 1. The first-order valence-corrected chi connectivity index (χ1v) is 5.43. The van der Waals surface area contributed by atoms with Gasteiger partial charge in [0.2, 0.25) is 0 Å². The smallest absolute Gasteiger partial charge is 0.269 e. The highest BCUT2D eigenvalue weighted by Gasteiger charge is 2.27. The molecule has 0 atom stereocenters. The molecule has 2 amide bonds. The van der Waals surface area contributed by atoms with E-state index in [0.717, 1.165) is 4.90 Å². The molecule has 19 heavy (non-hydrogen) atoms. The first kappa shape index (κ1) is 13.0. The second-order valence-corrected chi connectivity index (χ2v) is 4.01. The van der Waals surface area contributed by atoms with E-state index in [1.165, 1.54) is 18.2 Å². The molecule has 0 aromatic heterocycles. The Hall–Kier alpha value is -2.48. The van der Waals surface area contributed by atoms with E-state index in [4.69, 9.17) is 10.5 Å². The van der Waals surface area contributed by atoms with Crippen molar-refractivity contribution in [3.63, 3.8) is 0 Å². The summed E-state index contributed by atoms with van der Waals surface area (Å²) >= 11 is 0. The van der Waals surface area contributed by atoms with Crippen molar-refractivity contribution < 1.29 is 19.2 Å². The van der Waals surface area contributed by atoms with Gasteiger partial charge >= 0.3 is 0 Å². The highest BCUT2D eigenvalue weighted by molar-refractivity contribution is 5.98. The minimum absolute atomic E-state index is 0.0888. The van der Waals surface area contributed by atoms with Crippen LogP contribution in [0, 0.1) is 10.1 Å². The Labute approximate surface area is 107 Å². The molecule has 1 aliphatic rings. The number of amides is 2. The van der Waals surface area contributed by atoms with Gasteiger partial charge in [0.05, 0.1) is 11.5 Å². The van der Waals surface area contributed by atoms with Crippen LogP contribution in [0.15, 0.2) is 18.2 Å². The van der Waals surface area contributed by atoms with Crippen molar-refractivity contribution in [1.82, 2.24) is 4.90 Å². The molecule has 0 bridgehead atoms. The van der Waals surface area contributed by atoms with Gasteiger partial charge in [0.1, 0.15) is 13.2 Å². The number of morpholine rings is 1. The second kappa shape index (κ2) is 5.02. The van der Waals surface area contributed by atoms with Gasteiger partial charge in [-0.15, -0.1) is 0 Å². The predicted molar refractivity (Wildman–Crippen MR) is 63.9 cm³/mol. The SMILES string of the molecule is Nc1ccc([N+](=O)[O-])cc1CN1C(=O)COCC1=O. The Morgan fingerprint density at radius 2 is 1.95 bits per heavy atom. The monoisotopic (exact) mass is 265 g/mol. The van der Waals surface area contributed by atoms with Gasteiger partial charge in [-0.3, -0.25) is 24.6 Å². The zero-order valence-electron chi connectivity index (χ0n) is 9.87. The van der Waals surface area contributed by atoms with E-state index in [9.17, 15) is 19.7 Å². The second-order valence-electron chi connectivity index (χ2n) is 4.01. The third-order valence-corrected chi connectivity index (χ3v) is 2.72. The number of carbonyl (C=O) groups is 2. The van der Waals surface area contributed by atoms with E-state index in [1.54, 1.807) is 0 Å². The molecule has 0 aliphatic carbocycles. The lowest BCUT2D eigenvalue weighted by molar-refractivity contribution is -0.384. The number of nitrogens with zero attached hydrogens (tertiary/aromatic N) is 2. The van der Waals surface area contributed by atoms with Crippen LogP contribution in [0.5, 0.6) is 0 Å². The molecular weight excluding hydrogens is 254 g/mol. The summed E-state index contributed by atoms with van der Waals surface area (Å²) in [5.41, 5.74) is 6.20. The number of hydrogen-bond donors (Lipinski definition) is 1. The molecule has 1 saturated heterocycles. The standard InChI is InChI=1S/C11H11N3O5/c12-9-2-1-8(14(17)18)3-7(9)4-13-10(15)5-19-6-11(13)16/h1-3H,4-6,12H2. The fourth-order valence-electron chi connectivity index (χ4n) is 1.71. The Kier molecular flexibility index (Phi) is 3.43. The first-order chi connectivity index (χ1) is 8.99. The number of non-ortho nitro benzene ring substituents is 1. The summed E-state index contributed by atoms with van der Waals surface area (Å²) < 4.78 is 4.77. The number of nitro benzene ring substituents is 1. The van der Waals surface area contributed by atoms with E-state index < -0.39 is 16.7 Å². The number of ether oxygens (including phenoxy) is 1. The van der Waals surface area contributed by atoms with Gasteiger partial charge < -0.3 is 10.5 Å². The van der Waals surface area contributed by atoms with Crippen LogP contribution in [0.3, 0.4) is 0 Å². The Balaban J connectivity index is 2.27. The lowest BCUT2D eigenvalue weighted by Gasteiger charge is -2.25. The highest BCUT2D eigenvalue weighted by atomic mass is 16.6. The summed E-state index contributed by atoms with van der Waals surface area (Å²) in [6.45, 7) is -0.449. The summed E-state index contributed by atoms with van der Waals surface area (Å²) in [6.07, 6.45) is 0. The number of nitrogens with two attached hydrogens (primary N) is 1. The Morgan fingerprint density at radius 3 is 2.53 bits per heavy atom. The largest absolute Gasteiger partial charge is 0.398 e. The van der Waals surface area contributed by atoms with E-state index in [0.29, 0.717) is 5.56 Å². The van der Waals surface area contributed by atoms with Crippen molar-refractivity contribution in [3.8, 4) is 0 Å². The van der Waals surface area contributed by atoms with E-state index in [1.807, 2.05) is 0 Å². The molecule has 1 fully saturated rings. The van der Waals surface area contributed by atoms with Gasteiger partial charge in [-0.2, -0.15) is 0 Å². The zero-order chi connectivity index (χ0) is 14.0. The van der Waals surface area contributed by atoms with Crippen LogP contribution in [0.2, 0.25) is 0 Å². The first-order valence-electron chi connectivity index (χ1n) is 5.43. The number of hydrogen-bond acceptors (Lipinski definition) is 6. The topological polar surface area (TPSA) is 116 Å². The van der Waals surface area contributed by atoms with Crippen molar-refractivity contribution in [2.24, 2.45) is 0 Å². The molecule has 0 unspecified atom stereocenters. The van der Waals surface area contributed by atoms with E-state index in [-0.39, 0.29) is 31.1 Å².